The fraction of sp³-hybridized carbons (Fsp3) is 0.533. The van der Waals surface area contributed by atoms with Gasteiger partial charge in [-0.3, -0.25) is 0 Å². The summed E-state index contributed by atoms with van der Waals surface area (Å²) in [7, 11) is 0. The molecule has 4 rings (SSSR count). The molecule has 2 unspecified atom stereocenters. The minimum Gasteiger partial charge on any atom is -0.369 e. The summed E-state index contributed by atoms with van der Waals surface area (Å²) in [6, 6.07) is 7.45. The Bertz CT molecular complexity index is 651. The molecule has 0 aliphatic carbocycles. The van der Waals surface area contributed by atoms with Crippen molar-refractivity contribution in [1.29, 1.82) is 0 Å². The minimum atomic E-state index is 0.494. The van der Waals surface area contributed by atoms with Crippen LogP contribution in [0.3, 0.4) is 0 Å². The second kappa shape index (κ2) is 4.74. The van der Waals surface area contributed by atoms with Gasteiger partial charge in [-0.25, -0.2) is 4.98 Å². The topological polar surface area (TPSA) is 47.1 Å². The maximum absolute atomic E-state index is 6.19. The Hall–Kier alpha value is -1.07. The zero-order valence-electron chi connectivity index (χ0n) is 11.4. The second-order valence-corrected chi connectivity index (χ2v) is 6.90. The first-order chi connectivity index (χ1) is 9.72. The van der Waals surface area contributed by atoms with Gasteiger partial charge in [0.1, 0.15) is 0 Å². The number of rotatable bonds is 1. The highest BCUT2D eigenvalue weighted by Crippen LogP contribution is 2.36. The van der Waals surface area contributed by atoms with E-state index in [-0.39, 0.29) is 0 Å². The number of nitrogens with zero attached hydrogens (tertiary/aromatic N) is 3. The third-order valence-electron chi connectivity index (χ3n) is 4.84. The van der Waals surface area contributed by atoms with Crippen molar-refractivity contribution < 1.29 is 0 Å². The highest BCUT2D eigenvalue weighted by Gasteiger charge is 2.33. The highest BCUT2D eigenvalue weighted by atomic mass is 79.9. The van der Waals surface area contributed by atoms with Gasteiger partial charge in [0.2, 0.25) is 5.95 Å². The summed E-state index contributed by atoms with van der Waals surface area (Å²) in [5.41, 5.74) is 8.35. The molecule has 106 valence electrons. The fourth-order valence-corrected chi connectivity index (χ4v) is 4.26. The van der Waals surface area contributed by atoms with Crippen molar-refractivity contribution in [2.45, 2.75) is 37.8 Å². The highest BCUT2D eigenvalue weighted by molar-refractivity contribution is 9.10. The lowest BCUT2D eigenvalue weighted by atomic mass is 9.97. The van der Waals surface area contributed by atoms with Gasteiger partial charge in [0.25, 0.3) is 0 Å². The lowest BCUT2D eigenvalue weighted by molar-refractivity contribution is 0.158. The molecule has 1 aromatic heterocycles. The normalized spacial score (nSPS) is 27.1. The Balaban J connectivity index is 1.74. The maximum Gasteiger partial charge on any atom is 0.201 e. The van der Waals surface area contributed by atoms with Crippen LogP contribution in [-0.2, 0) is 0 Å². The van der Waals surface area contributed by atoms with Gasteiger partial charge in [0, 0.05) is 23.1 Å². The number of halogens is 1. The number of hydrogen-bond donors (Lipinski definition) is 1. The van der Waals surface area contributed by atoms with E-state index in [1.54, 1.807) is 0 Å². The van der Waals surface area contributed by atoms with Crippen LogP contribution in [0.5, 0.6) is 0 Å². The number of fused-ring (bicyclic) bond motifs is 2. The zero-order valence-corrected chi connectivity index (χ0v) is 13.0. The monoisotopic (exact) mass is 334 g/mol. The number of piperidine rings is 1. The summed E-state index contributed by atoms with van der Waals surface area (Å²) >= 11 is 3.55. The van der Waals surface area contributed by atoms with E-state index in [9.17, 15) is 0 Å². The molecule has 5 heteroatoms. The quantitative estimate of drug-likeness (QED) is 0.871. The number of benzene rings is 1. The number of imidazole rings is 1. The Morgan fingerprint density at radius 1 is 1.20 bits per heavy atom. The molecule has 2 aromatic rings. The molecule has 0 spiro atoms. The molecule has 2 N–H and O–H groups in total. The Morgan fingerprint density at radius 3 is 3.00 bits per heavy atom. The van der Waals surface area contributed by atoms with E-state index in [0.717, 1.165) is 21.5 Å². The largest absolute Gasteiger partial charge is 0.369 e. The lowest BCUT2D eigenvalue weighted by Crippen LogP contribution is -2.38. The van der Waals surface area contributed by atoms with Gasteiger partial charge in [-0.15, -0.1) is 0 Å². The predicted octanol–water partition coefficient (Wildman–Crippen LogP) is 3.18. The molecule has 2 fully saturated rings. The first kappa shape index (κ1) is 12.7. The Labute approximate surface area is 127 Å². The Morgan fingerprint density at radius 2 is 2.10 bits per heavy atom. The summed E-state index contributed by atoms with van der Waals surface area (Å²) in [5.74, 6) is 0.662. The van der Waals surface area contributed by atoms with E-state index in [0.29, 0.717) is 12.0 Å². The van der Waals surface area contributed by atoms with Crippen LogP contribution in [-0.4, -0.2) is 33.6 Å². The molecular formula is C15H19BrN4. The number of aromatic nitrogens is 2. The van der Waals surface area contributed by atoms with Crippen LogP contribution >= 0.6 is 15.9 Å². The van der Waals surface area contributed by atoms with Crippen LogP contribution in [0.15, 0.2) is 22.7 Å². The van der Waals surface area contributed by atoms with Crippen LogP contribution in [0.2, 0.25) is 0 Å². The van der Waals surface area contributed by atoms with Crippen LogP contribution < -0.4 is 5.73 Å². The van der Waals surface area contributed by atoms with Crippen molar-refractivity contribution in [3.63, 3.8) is 0 Å². The molecule has 1 aromatic carbocycles. The molecule has 2 aliphatic rings. The van der Waals surface area contributed by atoms with E-state index in [4.69, 9.17) is 5.73 Å². The second-order valence-electron chi connectivity index (χ2n) is 5.98. The van der Waals surface area contributed by atoms with Crippen molar-refractivity contribution in [2.24, 2.45) is 0 Å². The number of nitrogens with two attached hydrogens (primary N) is 1. The van der Waals surface area contributed by atoms with Crippen LogP contribution in [0.4, 0.5) is 5.95 Å². The van der Waals surface area contributed by atoms with E-state index in [2.05, 4.69) is 36.4 Å². The molecule has 4 nitrogen and oxygen atoms in total. The average Bonchev–Trinajstić information content (AvgIpc) is 3.00. The number of hydrogen-bond acceptors (Lipinski definition) is 3. The SMILES string of the molecule is Nc1nc2ccc(Br)cc2n1C1CCN2CCCC2C1. The maximum atomic E-state index is 6.19. The molecule has 0 saturated carbocycles. The molecule has 2 aliphatic heterocycles. The van der Waals surface area contributed by atoms with Gasteiger partial charge in [-0.05, 0) is 50.4 Å². The summed E-state index contributed by atoms with van der Waals surface area (Å²) in [5, 5.41) is 0. The molecule has 0 amide bonds. The molecule has 0 bridgehead atoms. The van der Waals surface area contributed by atoms with Crippen molar-refractivity contribution in [1.82, 2.24) is 14.5 Å². The van der Waals surface area contributed by atoms with Gasteiger partial charge in [0.15, 0.2) is 0 Å². The first-order valence-electron chi connectivity index (χ1n) is 7.39. The fourth-order valence-electron chi connectivity index (χ4n) is 3.91. The molecular weight excluding hydrogens is 316 g/mol. The number of nitrogen functional groups attached to an aromatic ring is 1. The van der Waals surface area contributed by atoms with Gasteiger partial charge in [-0.2, -0.15) is 0 Å². The zero-order chi connectivity index (χ0) is 13.7. The van der Waals surface area contributed by atoms with E-state index in [1.807, 2.05) is 12.1 Å². The summed E-state index contributed by atoms with van der Waals surface area (Å²) in [4.78, 5) is 7.16. The third kappa shape index (κ3) is 1.95. The Kier molecular flexibility index (Phi) is 3.00. The van der Waals surface area contributed by atoms with E-state index >= 15 is 0 Å². The number of anilines is 1. The summed E-state index contributed by atoms with van der Waals surface area (Å²) in [6.07, 6.45) is 5.08. The van der Waals surface area contributed by atoms with Crippen molar-refractivity contribution >= 4 is 32.9 Å². The van der Waals surface area contributed by atoms with Crippen molar-refractivity contribution in [3.8, 4) is 0 Å². The molecule has 0 radical (unpaired) electrons. The molecule has 2 saturated heterocycles. The summed E-state index contributed by atoms with van der Waals surface area (Å²) < 4.78 is 3.35. The van der Waals surface area contributed by atoms with Gasteiger partial charge < -0.3 is 15.2 Å². The first-order valence-corrected chi connectivity index (χ1v) is 8.18. The predicted molar refractivity (Wildman–Crippen MR) is 84.7 cm³/mol. The molecule has 20 heavy (non-hydrogen) atoms. The van der Waals surface area contributed by atoms with E-state index < -0.39 is 0 Å². The lowest BCUT2D eigenvalue weighted by Gasteiger charge is -2.35. The molecule has 3 heterocycles. The third-order valence-corrected chi connectivity index (χ3v) is 5.33. The van der Waals surface area contributed by atoms with Gasteiger partial charge in [-0.1, -0.05) is 15.9 Å². The standard InChI is InChI=1S/C15H19BrN4/c16-10-3-4-13-14(8-10)20(15(17)18-13)12-5-7-19-6-1-2-11(19)9-12/h3-4,8,11-12H,1-2,5-7,9H2,(H2,17,18). The van der Waals surface area contributed by atoms with Crippen LogP contribution in [0.1, 0.15) is 31.7 Å². The van der Waals surface area contributed by atoms with Crippen LogP contribution in [0.25, 0.3) is 11.0 Å². The summed E-state index contributed by atoms with van der Waals surface area (Å²) in [6.45, 7) is 2.48. The van der Waals surface area contributed by atoms with Crippen LogP contribution in [0, 0.1) is 0 Å². The van der Waals surface area contributed by atoms with E-state index in [1.165, 1.54) is 38.8 Å². The average molecular weight is 335 g/mol. The van der Waals surface area contributed by atoms with Gasteiger partial charge >= 0.3 is 0 Å². The minimum absolute atomic E-state index is 0.494. The molecule has 2 atom stereocenters. The van der Waals surface area contributed by atoms with Gasteiger partial charge in [0.05, 0.1) is 11.0 Å². The van der Waals surface area contributed by atoms with Crippen molar-refractivity contribution in [2.75, 3.05) is 18.8 Å². The smallest absolute Gasteiger partial charge is 0.201 e. The van der Waals surface area contributed by atoms with Crippen molar-refractivity contribution in [3.05, 3.63) is 22.7 Å².